The van der Waals surface area contributed by atoms with Crippen molar-refractivity contribution in [2.24, 2.45) is 5.92 Å². The number of benzene rings is 4. The molecular weight excluding hydrogens is 685 g/mol. The first-order chi connectivity index (χ1) is 25.5. The molecule has 2 amide bonds. The average Bonchev–Trinajstić information content (AvgIpc) is 3.59. The predicted molar refractivity (Wildman–Crippen MR) is 207 cm³/mol. The van der Waals surface area contributed by atoms with Crippen LogP contribution in [0, 0.1) is 5.92 Å². The van der Waals surface area contributed by atoms with E-state index in [9.17, 15) is 19.5 Å². The van der Waals surface area contributed by atoms with Gasteiger partial charge >= 0.3 is 0 Å². The van der Waals surface area contributed by atoms with E-state index in [4.69, 9.17) is 9.47 Å². The average molecular weight is 729 g/mol. The summed E-state index contributed by atoms with van der Waals surface area (Å²) in [4.78, 5) is 46.4. The van der Waals surface area contributed by atoms with Crippen LogP contribution in [0.25, 0.3) is 16.5 Å². The topological polar surface area (TPSA) is 114 Å². The quantitative estimate of drug-likeness (QED) is 0.237. The lowest BCUT2D eigenvalue weighted by Gasteiger charge is -2.39. The number of anilines is 1. The largest absolute Gasteiger partial charge is 0.497 e. The van der Waals surface area contributed by atoms with E-state index in [0.29, 0.717) is 35.3 Å². The Bertz CT molecular complexity index is 2310. The molecule has 1 aromatic heterocycles. The molecule has 1 N–H and O–H groups in total. The third-order valence-corrected chi connectivity index (χ3v) is 16.5. The number of methoxy groups -OCH3 is 1. The summed E-state index contributed by atoms with van der Waals surface area (Å²) in [5.41, 5.74) is 2.26. The molecule has 4 aromatic carbocycles. The van der Waals surface area contributed by atoms with Gasteiger partial charge in [-0.1, -0.05) is 79.8 Å². The molecule has 8 rings (SSSR count). The van der Waals surface area contributed by atoms with E-state index in [-0.39, 0.29) is 47.9 Å². The van der Waals surface area contributed by atoms with Crippen molar-refractivity contribution < 1.29 is 24.2 Å². The number of aliphatic hydroxyl groups is 1. The van der Waals surface area contributed by atoms with Crippen LogP contribution in [0.5, 0.6) is 5.75 Å². The molecule has 0 radical (unpaired) electrons. The first-order valence-corrected chi connectivity index (χ1v) is 21.3. The second kappa shape index (κ2) is 13.1. The highest BCUT2D eigenvalue weighted by molar-refractivity contribution is 6.91. The molecule has 3 aliphatic rings. The van der Waals surface area contributed by atoms with Gasteiger partial charge in [0.25, 0.3) is 11.5 Å². The van der Waals surface area contributed by atoms with Crippen LogP contribution in [0.1, 0.15) is 30.0 Å². The Morgan fingerprint density at radius 1 is 1.00 bits per heavy atom. The lowest BCUT2D eigenvalue weighted by Crippen LogP contribution is -2.52. The molecule has 1 fully saturated rings. The molecule has 5 atom stereocenters. The zero-order valence-corrected chi connectivity index (χ0v) is 31.7. The molecule has 11 heteroatoms. The smallest absolute Gasteiger partial charge is 0.279 e. The lowest BCUT2D eigenvalue weighted by atomic mass is 9.82. The number of likely N-dealkylation sites (N-methyl/N-ethyl adjacent to an activating group) is 1. The van der Waals surface area contributed by atoms with E-state index in [1.807, 2.05) is 66.7 Å². The maximum atomic E-state index is 14.7. The fourth-order valence-electron chi connectivity index (χ4n) is 9.35. The van der Waals surface area contributed by atoms with Crippen LogP contribution in [0.15, 0.2) is 102 Å². The Morgan fingerprint density at radius 2 is 1.72 bits per heavy atom. The van der Waals surface area contributed by atoms with Gasteiger partial charge in [-0.15, -0.1) is 0 Å². The molecule has 53 heavy (non-hydrogen) atoms. The number of fused-ring (bicyclic) bond motifs is 4. The number of carbonyl (C=O) groups is 2. The van der Waals surface area contributed by atoms with Crippen molar-refractivity contribution in [3.05, 3.63) is 124 Å². The summed E-state index contributed by atoms with van der Waals surface area (Å²) in [6.07, 6.45) is 1.69. The van der Waals surface area contributed by atoms with Crippen LogP contribution in [-0.4, -0.2) is 72.6 Å². The Morgan fingerprint density at radius 3 is 2.45 bits per heavy atom. The second-order valence-corrected chi connectivity index (χ2v) is 19.9. The van der Waals surface area contributed by atoms with E-state index in [2.05, 4.69) is 43.3 Å². The third-order valence-electron chi connectivity index (χ3n) is 12.2. The molecule has 0 aliphatic carbocycles. The summed E-state index contributed by atoms with van der Waals surface area (Å²) in [7, 11) is 0.866. The SMILES string of the molecule is COc1ccc([Si](C)(C)[C@H]2[C@H](CC(=O)N3Cc4ccccc4C[C@H]3CO)O[C@@]3(C(=O)N(C)c4ccc(-n5ncc6ccccc6c5=O)cc43)[C@@H]2C)cc1. The molecule has 272 valence electrons. The van der Waals surface area contributed by atoms with Crippen LogP contribution < -0.4 is 20.4 Å². The first kappa shape index (κ1) is 35.0. The van der Waals surface area contributed by atoms with Crippen LogP contribution in [0.2, 0.25) is 18.6 Å². The number of carbonyl (C=O) groups excluding carboxylic acids is 2. The van der Waals surface area contributed by atoms with Crippen LogP contribution in [-0.2, 0) is 32.9 Å². The van der Waals surface area contributed by atoms with E-state index in [0.717, 1.165) is 27.4 Å². The minimum atomic E-state index is -2.53. The summed E-state index contributed by atoms with van der Waals surface area (Å²) >= 11 is 0. The minimum absolute atomic E-state index is 0.0553. The summed E-state index contributed by atoms with van der Waals surface area (Å²) < 4.78 is 14.0. The van der Waals surface area contributed by atoms with Gasteiger partial charge in [0, 0.05) is 30.5 Å². The van der Waals surface area contributed by atoms with Gasteiger partial charge in [-0.3, -0.25) is 14.4 Å². The van der Waals surface area contributed by atoms with Crippen molar-refractivity contribution in [1.82, 2.24) is 14.7 Å². The molecule has 1 spiro atoms. The number of ether oxygens (including phenoxy) is 2. The Labute approximate surface area is 309 Å². The van der Waals surface area contributed by atoms with Crippen molar-refractivity contribution >= 4 is 41.5 Å². The van der Waals surface area contributed by atoms with Crippen LogP contribution in [0.3, 0.4) is 0 Å². The second-order valence-electron chi connectivity index (χ2n) is 15.2. The molecule has 0 bridgehead atoms. The van der Waals surface area contributed by atoms with Gasteiger partial charge in [-0.05, 0) is 59.5 Å². The number of aliphatic hydroxyl groups excluding tert-OH is 1. The summed E-state index contributed by atoms with van der Waals surface area (Å²) in [6, 6.07) is 28.7. The molecule has 5 aromatic rings. The van der Waals surface area contributed by atoms with Gasteiger partial charge in [0.2, 0.25) is 5.91 Å². The number of aromatic nitrogens is 2. The standard InChI is InChI=1S/C42H44N4O6Si/c1-26-39(53(4,5)33-17-15-32(51-3)16-18-33)37(22-38(48)45-24-29-12-7-6-10-27(29)20-31(45)25-47)52-42(26)35-21-30(14-19-36(35)44(2)41(42)50)46-40(49)34-13-9-8-11-28(34)23-43-46/h6-19,21,23,26,31,37,39,47H,20,22,24-25H2,1-5H3/t26-,31+,37+,39-,42+/m1/s1. The van der Waals surface area contributed by atoms with Crippen molar-refractivity contribution in [3.8, 4) is 11.4 Å². The summed E-state index contributed by atoms with van der Waals surface area (Å²) in [6.45, 7) is 6.89. The van der Waals surface area contributed by atoms with E-state index < -0.39 is 19.8 Å². The van der Waals surface area contributed by atoms with Gasteiger partial charge in [0.1, 0.15) is 5.75 Å². The fourth-order valence-corrected chi connectivity index (χ4v) is 13.4. The molecule has 4 heterocycles. The normalized spacial score (nSPS) is 23.8. The van der Waals surface area contributed by atoms with Gasteiger partial charge in [-0.2, -0.15) is 9.78 Å². The maximum absolute atomic E-state index is 14.7. The number of amides is 2. The lowest BCUT2D eigenvalue weighted by molar-refractivity contribution is -0.150. The molecule has 1 saturated heterocycles. The summed E-state index contributed by atoms with van der Waals surface area (Å²) in [5.74, 6) is 0.101. The zero-order valence-electron chi connectivity index (χ0n) is 30.7. The maximum Gasteiger partial charge on any atom is 0.279 e. The highest BCUT2D eigenvalue weighted by Crippen LogP contribution is 2.60. The third kappa shape index (κ3) is 5.43. The fraction of sp³-hybridized carbons (Fsp3) is 0.333. The first-order valence-electron chi connectivity index (χ1n) is 18.2. The van der Waals surface area contributed by atoms with Crippen molar-refractivity contribution in [1.29, 1.82) is 0 Å². The Hall–Kier alpha value is -5.10. The highest BCUT2D eigenvalue weighted by atomic mass is 28.3. The molecule has 3 aliphatic heterocycles. The minimum Gasteiger partial charge on any atom is -0.497 e. The molecule has 10 nitrogen and oxygen atoms in total. The van der Waals surface area contributed by atoms with Gasteiger partial charge in [0.15, 0.2) is 5.60 Å². The highest BCUT2D eigenvalue weighted by Gasteiger charge is 2.66. The zero-order chi connectivity index (χ0) is 37.2. The van der Waals surface area contributed by atoms with Crippen molar-refractivity contribution in [3.63, 3.8) is 0 Å². The van der Waals surface area contributed by atoms with Gasteiger partial charge in [-0.25, -0.2) is 0 Å². The van der Waals surface area contributed by atoms with Crippen LogP contribution >= 0.6 is 0 Å². The molecule has 0 saturated carbocycles. The van der Waals surface area contributed by atoms with Crippen LogP contribution in [0.4, 0.5) is 5.69 Å². The monoisotopic (exact) mass is 728 g/mol. The number of hydrogen-bond acceptors (Lipinski definition) is 7. The molecule has 0 unspecified atom stereocenters. The number of nitrogens with zero attached hydrogens (tertiary/aromatic N) is 4. The Kier molecular flexibility index (Phi) is 8.63. The molecular formula is C42H44N4O6Si. The number of rotatable bonds is 7. The summed E-state index contributed by atoms with van der Waals surface area (Å²) in [5, 5.41) is 17.4. The Balaban J connectivity index is 1.23. The van der Waals surface area contributed by atoms with Crippen molar-refractivity contribution in [2.45, 2.75) is 62.7 Å². The van der Waals surface area contributed by atoms with Gasteiger partial charge < -0.3 is 24.4 Å². The van der Waals surface area contributed by atoms with E-state index in [1.54, 1.807) is 36.2 Å². The van der Waals surface area contributed by atoms with E-state index in [1.165, 1.54) is 4.68 Å². The predicted octanol–water partition coefficient (Wildman–Crippen LogP) is 4.92. The number of hydrogen-bond donors (Lipinski definition) is 1. The van der Waals surface area contributed by atoms with E-state index >= 15 is 0 Å². The van der Waals surface area contributed by atoms with Gasteiger partial charge in [0.05, 0.1) is 63.3 Å². The van der Waals surface area contributed by atoms with Crippen molar-refractivity contribution in [2.75, 3.05) is 25.7 Å².